The number of nitrogens with zero attached hydrogens (tertiary/aromatic N) is 2. The second-order valence-electron chi connectivity index (χ2n) is 4.04. The molecule has 20 heavy (non-hydrogen) atoms. The van der Waals surface area contributed by atoms with Crippen LogP contribution < -0.4 is 10.5 Å². The predicted molar refractivity (Wildman–Crippen MR) is 67.1 cm³/mol. The maximum absolute atomic E-state index is 12.6. The number of hydrogen-bond acceptors (Lipinski definition) is 4. The molecule has 0 saturated heterocycles. The molecule has 0 aromatic carbocycles. The first-order valence-electron chi connectivity index (χ1n) is 5.82. The van der Waals surface area contributed by atoms with Crippen LogP contribution in [0.1, 0.15) is 11.3 Å². The summed E-state index contributed by atoms with van der Waals surface area (Å²) in [6.07, 6.45) is -2.37. The highest BCUT2D eigenvalue weighted by Gasteiger charge is 2.31. The lowest BCUT2D eigenvalue weighted by atomic mass is 10.2. The highest BCUT2D eigenvalue weighted by Crippen LogP contribution is 2.31. The fourth-order valence-corrected chi connectivity index (χ4v) is 1.57. The molecule has 2 rings (SSSR count). The molecule has 4 nitrogen and oxygen atoms in total. The summed E-state index contributed by atoms with van der Waals surface area (Å²) in [4.78, 5) is 7.79. The van der Waals surface area contributed by atoms with Crippen LogP contribution in [0, 0.1) is 0 Å². The van der Waals surface area contributed by atoms with Gasteiger partial charge in [0, 0.05) is 24.4 Å². The molecule has 2 N–H and O–H groups in total. The van der Waals surface area contributed by atoms with Gasteiger partial charge in [-0.15, -0.1) is 0 Å². The molecule has 106 valence electrons. The number of aromatic nitrogens is 2. The first-order valence-corrected chi connectivity index (χ1v) is 5.82. The summed E-state index contributed by atoms with van der Waals surface area (Å²) in [6.45, 7) is 0.171. The summed E-state index contributed by atoms with van der Waals surface area (Å²) < 4.78 is 43.0. The third-order valence-electron chi connectivity index (χ3n) is 2.48. The Balaban J connectivity index is 2.01. The summed E-state index contributed by atoms with van der Waals surface area (Å²) in [5, 5.41) is 0. The molecule has 0 fully saturated rings. The number of nitrogens with two attached hydrogens (primary N) is 1. The van der Waals surface area contributed by atoms with E-state index in [9.17, 15) is 13.2 Å². The minimum atomic E-state index is -4.48. The van der Waals surface area contributed by atoms with E-state index in [4.69, 9.17) is 10.5 Å². The zero-order valence-electron chi connectivity index (χ0n) is 10.4. The Bertz CT molecular complexity index is 573. The molecule has 2 aromatic heterocycles. The number of halogens is 3. The molecule has 0 aliphatic heterocycles. The number of anilines is 1. The molecule has 2 aromatic rings. The number of ether oxygens (including phenoxy) is 1. The SMILES string of the molecule is Nc1cc(C(F)(F)F)cc(OCCc2ccccn2)n1. The molecule has 0 unspecified atom stereocenters. The van der Waals surface area contributed by atoms with Crippen LogP contribution in [-0.2, 0) is 12.6 Å². The quantitative estimate of drug-likeness (QED) is 0.937. The Morgan fingerprint density at radius 1 is 1.20 bits per heavy atom. The highest BCUT2D eigenvalue weighted by molar-refractivity contribution is 5.38. The van der Waals surface area contributed by atoms with Crippen molar-refractivity contribution in [1.82, 2.24) is 9.97 Å². The van der Waals surface area contributed by atoms with Gasteiger partial charge in [-0.25, -0.2) is 0 Å². The van der Waals surface area contributed by atoms with Crippen molar-refractivity contribution in [3.05, 3.63) is 47.8 Å². The van der Waals surface area contributed by atoms with Crippen LogP contribution in [0.3, 0.4) is 0 Å². The smallest absolute Gasteiger partial charge is 0.416 e. The first-order chi connectivity index (χ1) is 9.45. The standard InChI is InChI=1S/C13H12F3N3O/c14-13(15,16)9-7-11(17)19-12(8-9)20-6-4-10-3-1-2-5-18-10/h1-3,5,7-8H,4,6H2,(H2,17,19). The molecule has 0 aliphatic rings. The summed E-state index contributed by atoms with van der Waals surface area (Å²) in [5.41, 5.74) is 5.24. The maximum atomic E-state index is 12.6. The van der Waals surface area contributed by atoms with Crippen LogP contribution in [0.4, 0.5) is 19.0 Å². The van der Waals surface area contributed by atoms with Crippen molar-refractivity contribution < 1.29 is 17.9 Å². The van der Waals surface area contributed by atoms with Gasteiger partial charge in [0.25, 0.3) is 0 Å². The molecule has 0 spiro atoms. The molecule has 0 atom stereocenters. The molecule has 0 aliphatic carbocycles. The van der Waals surface area contributed by atoms with Crippen LogP contribution in [-0.4, -0.2) is 16.6 Å². The van der Waals surface area contributed by atoms with Crippen LogP contribution >= 0.6 is 0 Å². The average molecular weight is 283 g/mol. The van der Waals surface area contributed by atoms with Gasteiger partial charge >= 0.3 is 6.18 Å². The van der Waals surface area contributed by atoms with E-state index in [-0.39, 0.29) is 18.3 Å². The number of pyridine rings is 2. The van der Waals surface area contributed by atoms with Gasteiger partial charge in [-0.2, -0.15) is 18.2 Å². The predicted octanol–water partition coefficient (Wildman–Crippen LogP) is 2.70. The monoisotopic (exact) mass is 283 g/mol. The van der Waals surface area contributed by atoms with Crippen LogP contribution in [0.15, 0.2) is 36.5 Å². The molecule has 2 heterocycles. The number of nitrogen functional groups attached to an aromatic ring is 1. The topological polar surface area (TPSA) is 61.0 Å². The van der Waals surface area contributed by atoms with Crippen molar-refractivity contribution in [2.75, 3.05) is 12.3 Å². The highest BCUT2D eigenvalue weighted by atomic mass is 19.4. The van der Waals surface area contributed by atoms with E-state index < -0.39 is 11.7 Å². The van der Waals surface area contributed by atoms with Gasteiger partial charge in [-0.05, 0) is 18.2 Å². The van der Waals surface area contributed by atoms with Gasteiger partial charge in [-0.3, -0.25) is 4.98 Å². The summed E-state index contributed by atoms with van der Waals surface area (Å²) in [6, 6.07) is 7.00. The Hall–Kier alpha value is -2.31. The van der Waals surface area contributed by atoms with Crippen molar-refractivity contribution >= 4 is 5.82 Å². The number of alkyl halides is 3. The lowest BCUT2D eigenvalue weighted by Crippen LogP contribution is -2.09. The van der Waals surface area contributed by atoms with Gasteiger partial charge < -0.3 is 10.5 Å². The van der Waals surface area contributed by atoms with E-state index in [1.807, 2.05) is 6.07 Å². The molecular formula is C13H12F3N3O. The van der Waals surface area contributed by atoms with Gasteiger partial charge in [0.15, 0.2) is 0 Å². The molecule has 0 radical (unpaired) electrons. The third-order valence-corrected chi connectivity index (χ3v) is 2.48. The minimum Gasteiger partial charge on any atom is -0.477 e. The van der Waals surface area contributed by atoms with E-state index in [0.29, 0.717) is 6.42 Å². The second-order valence-corrected chi connectivity index (χ2v) is 4.04. The molecule has 0 saturated carbocycles. The summed E-state index contributed by atoms with van der Waals surface area (Å²) in [5.74, 6) is -0.374. The molecule has 0 bridgehead atoms. The van der Waals surface area contributed by atoms with Crippen molar-refractivity contribution in [2.45, 2.75) is 12.6 Å². The molecular weight excluding hydrogens is 271 g/mol. The maximum Gasteiger partial charge on any atom is 0.416 e. The average Bonchev–Trinajstić information content (AvgIpc) is 2.38. The van der Waals surface area contributed by atoms with Gasteiger partial charge in [0.1, 0.15) is 5.82 Å². The van der Waals surface area contributed by atoms with E-state index in [0.717, 1.165) is 17.8 Å². The fraction of sp³-hybridized carbons (Fsp3) is 0.231. The zero-order valence-corrected chi connectivity index (χ0v) is 10.4. The van der Waals surface area contributed by atoms with E-state index >= 15 is 0 Å². The Kier molecular flexibility index (Phi) is 4.07. The van der Waals surface area contributed by atoms with E-state index in [1.54, 1.807) is 18.3 Å². The van der Waals surface area contributed by atoms with Crippen LogP contribution in [0.2, 0.25) is 0 Å². The van der Waals surface area contributed by atoms with E-state index in [1.165, 1.54) is 0 Å². The molecule has 7 heteroatoms. The normalized spacial score (nSPS) is 11.3. The van der Waals surface area contributed by atoms with Gasteiger partial charge in [-0.1, -0.05) is 6.07 Å². The lowest BCUT2D eigenvalue weighted by molar-refractivity contribution is -0.137. The van der Waals surface area contributed by atoms with Crippen molar-refractivity contribution in [2.24, 2.45) is 0 Å². The first kappa shape index (κ1) is 14.1. The Morgan fingerprint density at radius 3 is 2.65 bits per heavy atom. The summed E-state index contributed by atoms with van der Waals surface area (Å²) in [7, 11) is 0. The van der Waals surface area contributed by atoms with Gasteiger partial charge in [0.05, 0.1) is 12.2 Å². The number of hydrogen-bond donors (Lipinski definition) is 1. The lowest BCUT2D eigenvalue weighted by Gasteiger charge is -2.10. The van der Waals surface area contributed by atoms with Crippen LogP contribution in [0.25, 0.3) is 0 Å². The van der Waals surface area contributed by atoms with Crippen molar-refractivity contribution in [3.8, 4) is 5.88 Å². The second kappa shape index (κ2) is 5.77. The van der Waals surface area contributed by atoms with Crippen molar-refractivity contribution in [3.63, 3.8) is 0 Å². The summed E-state index contributed by atoms with van der Waals surface area (Å²) >= 11 is 0. The largest absolute Gasteiger partial charge is 0.477 e. The minimum absolute atomic E-state index is 0.145. The Labute approximate surface area is 113 Å². The Morgan fingerprint density at radius 2 is 2.00 bits per heavy atom. The van der Waals surface area contributed by atoms with Crippen LogP contribution in [0.5, 0.6) is 5.88 Å². The van der Waals surface area contributed by atoms with E-state index in [2.05, 4.69) is 9.97 Å². The number of rotatable bonds is 4. The third kappa shape index (κ3) is 3.84. The fourth-order valence-electron chi connectivity index (χ4n) is 1.57. The zero-order chi connectivity index (χ0) is 14.6. The molecule has 0 amide bonds. The van der Waals surface area contributed by atoms with Crippen molar-refractivity contribution in [1.29, 1.82) is 0 Å². The van der Waals surface area contributed by atoms with Gasteiger partial charge in [0.2, 0.25) is 5.88 Å².